The Bertz CT molecular complexity index is 341. The van der Waals surface area contributed by atoms with E-state index in [1.165, 1.54) is 6.07 Å². The van der Waals surface area contributed by atoms with E-state index in [9.17, 15) is 9.50 Å². The summed E-state index contributed by atoms with van der Waals surface area (Å²) in [5.74, 6) is -0.345. The summed E-state index contributed by atoms with van der Waals surface area (Å²) in [7, 11) is 0. The molecule has 3 nitrogen and oxygen atoms in total. The van der Waals surface area contributed by atoms with Gasteiger partial charge >= 0.3 is 0 Å². The van der Waals surface area contributed by atoms with Gasteiger partial charge in [0.25, 0.3) is 0 Å². The quantitative estimate of drug-likeness (QED) is 0.637. The molecule has 0 spiro atoms. The monoisotopic (exact) mass is 183 g/mol. The molecule has 1 aliphatic rings. The molecule has 0 bridgehead atoms. The number of rotatable bonds is 0. The van der Waals surface area contributed by atoms with E-state index in [-0.39, 0.29) is 11.8 Å². The summed E-state index contributed by atoms with van der Waals surface area (Å²) in [6.45, 7) is 0.466. The number of phenolic OH excluding ortho intramolecular Hbond substituents is 1. The van der Waals surface area contributed by atoms with E-state index in [1.807, 2.05) is 0 Å². The molecule has 0 aliphatic carbocycles. The van der Waals surface area contributed by atoms with Crippen LogP contribution in [0.3, 0.4) is 0 Å². The van der Waals surface area contributed by atoms with Crippen LogP contribution in [0.4, 0.5) is 4.39 Å². The van der Waals surface area contributed by atoms with E-state index >= 15 is 0 Å². The molecular formula is C9H10FNO2. The Morgan fingerprint density at radius 2 is 2.31 bits per heavy atom. The number of hydrogen-bond donors (Lipinski definition) is 2. The summed E-state index contributed by atoms with van der Waals surface area (Å²) in [5, 5.41) is 9.33. The van der Waals surface area contributed by atoms with Gasteiger partial charge in [0.1, 0.15) is 5.82 Å². The van der Waals surface area contributed by atoms with E-state index in [0.29, 0.717) is 24.3 Å². The highest BCUT2D eigenvalue weighted by Gasteiger charge is 2.21. The number of ether oxygens (including phenoxy) is 1. The number of aromatic hydroxyl groups is 1. The zero-order valence-corrected chi connectivity index (χ0v) is 6.96. The lowest BCUT2D eigenvalue weighted by Crippen LogP contribution is -2.20. The second-order valence-electron chi connectivity index (χ2n) is 3.09. The zero-order chi connectivity index (χ0) is 9.42. The number of hydrogen-bond acceptors (Lipinski definition) is 3. The average Bonchev–Trinajstić information content (AvgIpc) is 2.07. The van der Waals surface area contributed by atoms with Crippen LogP contribution in [0.5, 0.6) is 11.5 Å². The highest BCUT2D eigenvalue weighted by Crippen LogP contribution is 2.38. The largest absolute Gasteiger partial charge is 0.504 e. The first-order valence-electron chi connectivity index (χ1n) is 4.09. The summed E-state index contributed by atoms with van der Waals surface area (Å²) in [6.07, 6.45) is 0.649. The molecule has 0 amide bonds. The average molecular weight is 183 g/mol. The molecule has 1 aliphatic heterocycles. The van der Waals surface area contributed by atoms with Crippen LogP contribution >= 0.6 is 0 Å². The van der Waals surface area contributed by atoms with Gasteiger partial charge in [-0.05, 0) is 6.07 Å². The molecule has 0 radical (unpaired) electrons. The lowest BCUT2D eigenvalue weighted by Gasteiger charge is -2.23. The van der Waals surface area contributed by atoms with Crippen molar-refractivity contribution in [3.8, 4) is 11.5 Å². The molecule has 13 heavy (non-hydrogen) atoms. The molecule has 2 rings (SSSR count). The minimum absolute atomic E-state index is 0.176. The lowest BCUT2D eigenvalue weighted by molar-refractivity contribution is 0.254. The maximum Gasteiger partial charge on any atom is 0.165 e. The van der Waals surface area contributed by atoms with Crippen molar-refractivity contribution in [2.45, 2.75) is 12.5 Å². The van der Waals surface area contributed by atoms with Crippen molar-refractivity contribution in [1.29, 1.82) is 0 Å². The predicted molar refractivity (Wildman–Crippen MR) is 45.1 cm³/mol. The Morgan fingerprint density at radius 1 is 1.54 bits per heavy atom. The summed E-state index contributed by atoms with van der Waals surface area (Å²) in [4.78, 5) is 0. The Kier molecular flexibility index (Phi) is 1.84. The molecule has 1 aromatic carbocycles. The van der Waals surface area contributed by atoms with Gasteiger partial charge in [0, 0.05) is 24.1 Å². The number of halogens is 1. The summed E-state index contributed by atoms with van der Waals surface area (Å²) in [6, 6.07) is 2.08. The minimum atomic E-state index is -0.489. The second kappa shape index (κ2) is 2.88. The maximum atomic E-state index is 12.9. The molecule has 0 fully saturated rings. The summed E-state index contributed by atoms with van der Waals surface area (Å²) in [5.41, 5.74) is 6.27. The zero-order valence-electron chi connectivity index (χ0n) is 6.96. The van der Waals surface area contributed by atoms with Crippen molar-refractivity contribution < 1.29 is 14.2 Å². The molecule has 1 atom stereocenters. The van der Waals surface area contributed by atoms with E-state index < -0.39 is 5.82 Å². The molecule has 1 heterocycles. The fourth-order valence-corrected chi connectivity index (χ4v) is 1.48. The Balaban J connectivity index is 2.56. The SMILES string of the molecule is N[C@H]1CCOc2c(O)cc(F)cc21. The van der Waals surface area contributed by atoms with Crippen molar-refractivity contribution in [2.24, 2.45) is 5.73 Å². The molecule has 70 valence electrons. The fourth-order valence-electron chi connectivity index (χ4n) is 1.48. The van der Waals surface area contributed by atoms with E-state index in [0.717, 1.165) is 6.07 Å². The number of phenols is 1. The highest BCUT2D eigenvalue weighted by molar-refractivity contribution is 5.48. The van der Waals surface area contributed by atoms with E-state index in [2.05, 4.69) is 0 Å². The van der Waals surface area contributed by atoms with Crippen LogP contribution in [0.2, 0.25) is 0 Å². The first-order chi connectivity index (χ1) is 6.18. The molecule has 4 heteroatoms. The minimum Gasteiger partial charge on any atom is -0.504 e. The van der Waals surface area contributed by atoms with Crippen LogP contribution in [-0.4, -0.2) is 11.7 Å². The van der Waals surface area contributed by atoms with Gasteiger partial charge in [-0.15, -0.1) is 0 Å². The third kappa shape index (κ3) is 1.33. The van der Waals surface area contributed by atoms with Gasteiger partial charge in [-0.25, -0.2) is 4.39 Å². The molecule has 1 aromatic rings. The van der Waals surface area contributed by atoms with Crippen LogP contribution < -0.4 is 10.5 Å². The van der Waals surface area contributed by atoms with Crippen LogP contribution in [0.15, 0.2) is 12.1 Å². The van der Waals surface area contributed by atoms with Crippen LogP contribution in [0, 0.1) is 5.82 Å². The maximum absolute atomic E-state index is 12.9. The predicted octanol–water partition coefficient (Wildman–Crippen LogP) is 1.31. The van der Waals surface area contributed by atoms with Gasteiger partial charge in [-0.3, -0.25) is 0 Å². The molecule has 0 aromatic heterocycles. The van der Waals surface area contributed by atoms with E-state index in [1.54, 1.807) is 0 Å². The first-order valence-corrected chi connectivity index (χ1v) is 4.09. The van der Waals surface area contributed by atoms with Crippen molar-refractivity contribution in [2.75, 3.05) is 6.61 Å². The Morgan fingerprint density at radius 3 is 3.08 bits per heavy atom. The Labute approximate surface area is 74.9 Å². The van der Waals surface area contributed by atoms with Crippen LogP contribution in [-0.2, 0) is 0 Å². The standard InChI is InChI=1S/C9H10FNO2/c10-5-3-6-7(11)1-2-13-9(6)8(12)4-5/h3-4,7,12H,1-2,11H2/t7-/m0/s1. The van der Waals surface area contributed by atoms with Gasteiger partial charge in [0.2, 0.25) is 0 Å². The van der Waals surface area contributed by atoms with E-state index in [4.69, 9.17) is 10.5 Å². The van der Waals surface area contributed by atoms with Crippen LogP contribution in [0.1, 0.15) is 18.0 Å². The third-order valence-corrected chi connectivity index (χ3v) is 2.14. The van der Waals surface area contributed by atoms with Gasteiger partial charge in [0.05, 0.1) is 6.61 Å². The summed E-state index contributed by atoms with van der Waals surface area (Å²) < 4.78 is 18.0. The number of nitrogens with two attached hydrogens (primary N) is 1. The Hall–Kier alpha value is -1.29. The number of benzene rings is 1. The second-order valence-corrected chi connectivity index (χ2v) is 3.09. The number of fused-ring (bicyclic) bond motifs is 1. The van der Waals surface area contributed by atoms with Gasteiger partial charge in [0.15, 0.2) is 11.5 Å². The van der Waals surface area contributed by atoms with Crippen molar-refractivity contribution in [3.63, 3.8) is 0 Å². The molecular weight excluding hydrogens is 173 g/mol. The highest BCUT2D eigenvalue weighted by atomic mass is 19.1. The molecule has 0 saturated carbocycles. The van der Waals surface area contributed by atoms with Gasteiger partial charge in [-0.1, -0.05) is 0 Å². The van der Waals surface area contributed by atoms with Gasteiger partial charge in [-0.2, -0.15) is 0 Å². The van der Waals surface area contributed by atoms with Crippen LogP contribution in [0.25, 0.3) is 0 Å². The van der Waals surface area contributed by atoms with Crippen molar-refractivity contribution in [1.82, 2.24) is 0 Å². The molecule has 3 N–H and O–H groups in total. The topological polar surface area (TPSA) is 55.5 Å². The fraction of sp³-hybridized carbons (Fsp3) is 0.333. The lowest BCUT2D eigenvalue weighted by atomic mass is 10.0. The first kappa shape index (κ1) is 8.31. The third-order valence-electron chi connectivity index (χ3n) is 2.14. The normalized spacial score (nSPS) is 20.6. The smallest absolute Gasteiger partial charge is 0.165 e. The summed E-state index contributed by atoms with van der Waals surface area (Å²) >= 11 is 0. The van der Waals surface area contributed by atoms with Gasteiger partial charge < -0.3 is 15.6 Å². The molecule has 0 unspecified atom stereocenters. The van der Waals surface area contributed by atoms with Crippen molar-refractivity contribution in [3.05, 3.63) is 23.5 Å². The molecule has 0 saturated heterocycles. The van der Waals surface area contributed by atoms with Crippen molar-refractivity contribution >= 4 is 0 Å².